The van der Waals surface area contributed by atoms with Gasteiger partial charge in [0, 0.05) is 37.5 Å². The molecule has 1 N–H and O–H groups in total. The van der Waals surface area contributed by atoms with Crippen molar-refractivity contribution >= 4 is 23.0 Å². The number of methoxy groups -OCH3 is 1. The van der Waals surface area contributed by atoms with E-state index in [0.29, 0.717) is 11.3 Å². The van der Waals surface area contributed by atoms with Crippen LogP contribution in [-0.2, 0) is 0 Å². The van der Waals surface area contributed by atoms with Gasteiger partial charge in [-0.05, 0) is 30.3 Å². The summed E-state index contributed by atoms with van der Waals surface area (Å²) in [5, 5.41) is 13.5. The fraction of sp³-hybridized carbons (Fsp3) is 0.188. The normalized spacial score (nSPS) is 10.0. The summed E-state index contributed by atoms with van der Waals surface area (Å²) in [6.07, 6.45) is 0. The van der Waals surface area contributed by atoms with Gasteiger partial charge in [0.2, 0.25) is 0 Å². The zero-order valence-electron chi connectivity index (χ0n) is 13.1. The van der Waals surface area contributed by atoms with E-state index in [1.165, 1.54) is 25.3 Å². The van der Waals surface area contributed by atoms with Gasteiger partial charge in [0.05, 0.1) is 17.7 Å². The van der Waals surface area contributed by atoms with Crippen molar-refractivity contribution in [2.24, 2.45) is 0 Å². The first-order chi connectivity index (χ1) is 10.9. The molecule has 0 saturated heterocycles. The second kappa shape index (κ2) is 6.78. The molecule has 0 aliphatic carbocycles. The Bertz CT molecular complexity index is 727. The highest BCUT2D eigenvalue weighted by Crippen LogP contribution is 2.29. The maximum atomic E-state index is 12.3. The lowest BCUT2D eigenvalue weighted by molar-refractivity contribution is -0.384. The molecule has 7 nitrogen and oxygen atoms in total. The van der Waals surface area contributed by atoms with Crippen LogP contribution >= 0.6 is 0 Å². The molecule has 0 spiro atoms. The molecule has 120 valence electrons. The molecule has 0 bridgehead atoms. The minimum Gasteiger partial charge on any atom is -0.495 e. The van der Waals surface area contributed by atoms with Gasteiger partial charge in [-0.2, -0.15) is 0 Å². The van der Waals surface area contributed by atoms with E-state index in [1.807, 2.05) is 31.1 Å². The number of carbonyl (C=O) groups is 1. The lowest BCUT2D eigenvalue weighted by Gasteiger charge is -2.13. The second-order valence-corrected chi connectivity index (χ2v) is 5.04. The van der Waals surface area contributed by atoms with E-state index in [9.17, 15) is 14.9 Å². The van der Waals surface area contributed by atoms with E-state index in [2.05, 4.69) is 5.32 Å². The number of anilines is 2. The number of ether oxygens (including phenoxy) is 1. The molecule has 23 heavy (non-hydrogen) atoms. The summed E-state index contributed by atoms with van der Waals surface area (Å²) < 4.78 is 5.12. The molecule has 0 atom stereocenters. The average molecular weight is 315 g/mol. The molecule has 0 saturated carbocycles. The topological polar surface area (TPSA) is 84.7 Å². The standard InChI is InChI=1S/C16H17N3O4/c1-18(2)12-6-4-11(5-7-12)16(20)17-14-10-13(19(21)22)8-9-15(14)23-3/h4-10H,1-3H3,(H,17,20). The number of nitro groups is 1. The molecular formula is C16H17N3O4. The third-order valence-corrected chi connectivity index (χ3v) is 3.29. The molecule has 2 aromatic rings. The number of nitrogens with one attached hydrogen (secondary N) is 1. The Labute approximate surface area is 133 Å². The van der Waals surface area contributed by atoms with Crippen LogP contribution in [0.15, 0.2) is 42.5 Å². The number of hydrogen-bond donors (Lipinski definition) is 1. The van der Waals surface area contributed by atoms with Crippen LogP contribution in [0.2, 0.25) is 0 Å². The maximum Gasteiger partial charge on any atom is 0.271 e. The zero-order valence-corrected chi connectivity index (χ0v) is 13.1. The Morgan fingerprint density at radius 3 is 2.35 bits per heavy atom. The predicted molar refractivity (Wildman–Crippen MR) is 88.4 cm³/mol. The van der Waals surface area contributed by atoms with Gasteiger partial charge in [0.15, 0.2) is 0 Å². The molecule has 0 aliphatic heterocycles. The van der Waals surface area contributed by atoms with Crippen LogP contribution in [0.5, 0.6) is 5.75 Å². The molecule has 1 amide bonds. The summed E-state index contributed by atoms with van der Waals surface area (Å²) in [5.41, 5.74) is 1.55. The summed E-state index contributed by atoms with van der Waals surface area (Å²) in [6, 6.07) is 11.1. The largest absolute Gasteiger partial charge is 0.495 e. The van der Waals surface area contributed by atoms with Crippen LogP contribution in [0.3, 0.4) is 0 Å². The number of nitro benzene ring substituents is 1. The summed E-state index contributed by atoms with van der Waals surface area (Å²) in [6.45, 7) is 0. The monoisotopic (exact) mass is 315 g/mol. The van der Waals surface area contributed by atoms with Crippen molar-refractivity contribution in [3.63, 3.8) is 0 Å². The first-order valence-corrected chi connectivity index (χ1v) is 6.83. The van der Waals surface area contributed by atoms with Gasteiger partial charge < -0.3 is 15.0 Å². The highest BCUT2D eigenvalue weighted by molar-refractivity contribution is 6.05. The molecule has 0 aromatic heterocycles. The predicted octanol–water partition coefficient (Wildman–Crippen LogP) is 2.92. The Morgan fingerprint density at radius 2 is 1.83 bits per heavy atom. The van der Waals surface area contributed by atoms with Crippen molar-refractivity contribution in [1.82, 2.24) is 0 Å². The molecular weight excluding hydrogens is 298 g/mol. The Morgan fingerprint density at radius 1 is 1.17 bits per heavy atom. The summed E-state index contributed by atoms with van der Waals surface area (Å²) in [5.74, 6) is -0.0111. The van der Waals surface area contributed by atoms with Gasteiger partial charge in [-0.1, -0.05) is 0 Å². The fourth-order valence-electron chi connectivity index (χ4n) is 2.01. The summed E-state index contributed by atoms with van der Waals surface area (Å²) in [4.78, 5) is 24.5. The fourth-order valence-corrected chi connectivity index (χ4v) is 2.01. The van der Waals surface area contributed by atoms with Crippen molar-refractivity contribution in [1.29, 1.82) is 0 Å². The maximum absolute atomic E-state index is 12.3. The van der Waals surface area contributed by atoms with Crippen LogP contribution in [0.4, 0.5) is 17.1 Å². The molecule has 0 fully saturated rings. The quantitative estimate of drug-likeness (QED) is 0.677. The molecule has 0 radical (unpaired) electrons. The van der Waals surface area contributed by atoms with Gasteiger partial charge in [-0.25, -0.2) is 0 Å². The Kier molecular flexibility index (Phi) is 4.80. The number of benzene rings is 2. The lowest BCUT2D eigenvalue weighted by Crippen LogP contribution is -2.14. The third-order valence-electron chi connectivity index (χ3n) is 3.29. The van der Waals surface area contributed by atoms with Crippen molar-refractivity contribution in [2.45, 2.75) is 0 Å². The molecule has 0 heterocycles. The van der Waals surface area contributed by atoms with Crippen LogP contribution in [0.25, 0.3) is 0 Å². The third kappa shape index (κ3) is 3.76. The SMILES string of the molecule is COc1ccc([N+](=O)[O-])cc1NC(=O)c1ccc(N(C)C)cc1. The van der Waals surface area contributed by atoms with Crippen LogP contribution in [0, 0.1) is 10.1 Å². The molecule has 0 aliphatic rings. The first kappa shape index (κ1) is 16.3. The average Bonchev–Trinajstić information content (AvgIpc) is 2.54. The Hall–Kier alpha value is -3.09. The van der Waals surface area contributed by atoms with Gasteiger partial charge in [0.25, 0.3) is 11.6 Å². The van der Waals surface area contributed by atoms with Crippen LogP contribution in [-0.4, -0.2) is 32.0 Å². The van der Waals surface area contributed by atoms with E-state index < -0.39 is 4.92 Å². The van der Waals surface area contributed by atoms with Crippen LogP contribution < -0.4 is 15.0 Å². The highest BCUT2D eigenvalue weighted by atomic mass is 16.6. The highest BCUT2D eigenvalue weighted by Gasteiger charge is 2.14. The first-order valence-electron chi connectivity index (χ1n) is 6.83. The number of nitrogens with zero attached hydrogens (tertiary/aromatic N) is 2. The van der Waals surface area contributed by atoms with E-state index in [-0.39, 0.29) is 17.3 Å². The van der Waals surface area contributed by atoms with Gasteiger partial charge >= 0.3 is 0 Å². The van der Waals surface area contributed by atoms with Gasteiger partial charge in [-0.3, -0.25) is 14.9 Å². The van der Waals surface area contributed by atoms with Crippen molar-refractivity contribution < 1.29 is 14.5 Å². The van der Waals surface area contributed by atoms with E-state index >= 15 is 0 Å². The van der Waals surface area contributed by atoms with Crippen molar-refractivity contribution in [2.75, 3.05) is 31.4 Å². The molecule has 0 unspecified atom stereocenters. The number of carbonyl (C=O) groups excluding carboxylic acids is 1. The lowest BCUT2D eigenvalue weighted by atomic mass is 10.1. The molecule has 7 heteroatoms. The number of hydrogen-bond acceptors (Lipinski definition) is 5. The van der Waals surface area contributed by atoms with Crippen LogP contribution in [0.1, 0.15) is 10.4 Å². The van der Waals surface area contributed by atoms with Gasteiger partial charge in [-0.15, -0.1) is 0 Å². The smallest absolute Gasteiger partial charge is 0.271 e. The van der Waals surface area contributed by atoms with Crippen molar-refractivity contribution in [3.05, 3.63) is 58.1 Å². The Balaban J connectivity index is 2.25. The summed E-state index contributed by atoms with van der Waals surface area (Å²) in [7, 11) is 5.24. The number of rotatable bonds is 5. The van der Waals surface area contributed by atoms with E-state index in [1.54, 1.807) is 12.1 Å². The van der Waals surface area contributed by atoms with Gasteiger partial charge in [0.1, 0.15) is 5.75 Å². The number of non-ortho nitro benzene ring substituents is 1. The van der Waals surface area contributed by atoms with E-state index in [4.69, 9.17) is 4.74 Å². The second-order valence-electron chi connectivity index (χ2n) is 5.04. The minimum atomic E-state index is -0.527. The summed E-state index contributed by atoms with van der Waals surface area (Å²) >= 11 is 0. The number of amides is 1. The zero-order chi connectivity index (χ0) is 17.0. The van der Waals surface area contributed by atoms with E-state index in [0.717, 1.165) is 5.69 Å². The minimum absolute atomic E-state index is 0.121. The van der Waals surface area contributed by atoms with Crippen molar-refractivity contribution in [3.8, 4) is 5.75 Å². The molecule has 2 rings (SSSR count). The molecule has 2 aromatic carbocycles.